The molecule has 0 radical (unpaired) electrons. The molecule has 6 nitrogen and oxygen atoms in total. The number of nitrogens with zero attached hydrogens (tertiary/aromatic N) is 1. The molecule has 0 aliphatic heterocycles. The zero-order valence-corrected chi connectivity index (χ0v) is 17.9. The number of amides is 1. The Morgan fingerprint density at radius 1 is 1.26 bits per heavy atom. The summed E-state index contributed by atoms with van der Waals surface area (Å²) in [7, 11) is -3.35. The van der Waals surface area contributed by atoms with E-state index in [2.05, 4.69) is 15.0 Å². The van der Waals surface area contributed by atoms with Gasteiger partial charge in [0.25, 0.3) is 0 Å². The lowest BCUT2D eigenvalue weighted by molar-refractivity contribution is -0.126. The minimum atomic E-state index is -3.35. The second-order valence-corrected chi connectivity index (χ2v) is 11.0. The van der Waals surface area contributed by atoms with E-state index in [9.17, 15) is 13.2 Å². The van der Waals surface area contributed by atoms with Gasteiger partial charge in [-0.1, -0.05) is 17.7 Å². The van der Waals surface area contributed by atoms with E-state index in [0.29, 0.717) is 37.4 Å². The molecule has 1 fully saturated rings. The summed E-state index contributed by atoms with van der Waals surface area (Å²) in [5.41, 5.74) is 0.986. The van der Waals surface area contributed by atoms with Crippen LogP contribution in [0, 0.1) is 5.92 Å². The number of rotatable bonds is 7. The average Bonchev–Trinajstić information content (AvgIpc) is 2.59. The molecule has 152 valence electrons. The van der Waals surface area contributed by atoms with Crippen molar-refractivity contribution in [1.82, 2.24) is 15.0 Å². The van der Waals surface area contributed by atoms with Gasteiger partial charge in [0.2, 0.25) is 15.9 Å². The van der Waals surface area contributed by atoms with Crippen LogP contribution in [0.3, 0.4) is 0 Å². The highest BCUT2D eigenvalue weighted by Crippen LogP contribution is 2.26. The van der Waals surface area contributed by atoms with Gasteiger partial charge < -0.3 is 5.32 Å². The minimum absolute atomic E-state index is 0.0395. The molecule has 0 saturated heterocycles. The van der Waals surface area contributed by atoms with E-state index in [1.165, 1.54) is 0 Å². The van der Waals surface area contributed by atoms with Gasteiger partial charge in [0.15, 0.2) is 0 Å². The summed E-state index contributed by atoms with van der Waals surface area (Å²) in [4.78, 5) is 16.4. The van der Waals surface area contributed by atoms with Crippen LogP contribution in [-0.2, 0) is 21.2 Å². The van der Waals surface area contributed by atoms with Gasteiger partial charge in [-0.25, -0.2) is 18.1 Å². The Morgan fingerprint density at radius 3 is 2.52 bits per heavy atom. The number of carbonyl (C=O) groups is 1. The second-order valence-electron chi connectivity index (χ2n) is 8.13. The zero-order valence-electron chi connectivity index (χ0n) is 16.3. The summed E-state index contributed by atoms with van der Waals surface area (Å²) < 4.78 is 26.5. The predicted octanol–water partition coefficient (Wildman–Crippen LogP) is 3.06. The Balaban J connectivity index is 1.70. The van der Waals surface area contributed by atoms with Crippen molar-refractivity contribution in [1.29, 1.82) is 0 Å². The highest BCUT2D eigenvalue weighted by Gasteiger charge is 2.33. The monoisotopic (exact) mass is 415 g/mol. The Labute approximate surface area is 167 Å². The number of aryl methyl sites for hydroxylation is 1. The van der Waals surface area contributed by atoms with E-state index < -0.39 is 14.8 Å². The standard InChI is InChI=1S/C19H30ClN3O3S/c1-19(2,3)27(25,26)23-16-10-8-15(9-11-16)18(24)22-13-5-7-14-6-4-12-21-17(14)20/h4,6,12,15-16,23H,5,7-11,13H2,1-3H3,(H,22,24). The lowest BCUT2D eigenvalue weighted by Crippen LogP contribution is -2.46. The van der Waals surface area contributed by atoms with E-state index in [0.717, 1.165) is 18.4 Å². The highest BCUT2D eigenvalue weighted by molar-refractivity contribution is 7.90. The van der Waals surface area contributed by atoms with Crippen molar-refractivity contribution in [3.05, 3.63) is 29.0 Å². The van der Waals surface area contributed by atoms with Crippen LogP contribution in [0.5, 0.6) is 0 Å². The summed E-state index contributed by atoms with van der Waals surface area (Å²) in [5.74, 6) is 0.0202. The molecule has 0 aromatic carbocycles. The normalized spacial score (nSPS) is 21.0. The molecule has 1 aliphatic rings. The third-order valence-corrected chi connectivity index (χ3v) is 7.58. The van der Waals surface area contributed by atoms with Gasteiger partial charge in [-0.05, 0) is 70.9 Å². The third-order valence-electron chi connectivity index (χ3n) is 4.98. The topological polar surface area (TPSA) is 88.2 Å². The summed E-state index contributed by atoms with van der Waals surface area (Å²) in [6.07, 6.45) is 6.03. The Morgan fingerprint density at radius 2 is 1.93 bits per heavy atom. The smallest absolute Gasteiger partial charge is 0.223 e. The quantitative estimate of drug-likeness (QED) is 0.529. The maximum Gasteiger partial charge on any atom is 0.223 e. The molecule has 1 amide bonds. The molecular weight excluding hydrogens is 386 g/mol. The van der Waals surface area contributed by atoms with Gasteiger partial charge in [-0.15, -0.1) is 0 Å². The SMILES string of the molecule is CC(C)(C)S(=O)(=O)NC1CCC(C(=O)NCCCc2cccnc2Cl)CC1. The zero-order chi connectivity index (χ0) is 20.1. The van der Waals surface area contributed by atoms with Crippen LogP contribution < -0.4 is 10.0 Å². The molecule has 0 bridgehead atoms. The molecule has 27 heavy (non-hydrogen) atoms. The molecule has 0 unspecified atom stereocenters. The van der Waals surface area contributed by atoms with Crippen molar-refractivity contribution in [2.75, 3.05) is 6.54 Å². The lowest BCUT2D eigenvalue weighted by atomic mass is 9.86. The maximum atomic E-state index is 12.3. The van der Waals surface area contributed by atoms with Crippen LogP contribution in [0.1, 0.15) is 58.4 Å². The van der Waals surface area contributed by atoms with Gasteiger partial charge in [-0.2, -0.15) is 0 Å². The fourth-order valence-electron chi connectivity index (χ4n) is 3.11. The van der Waals surface area contributed by atoms with Gasteiger partial charge >= 0.3 is 0 Å². The van der Waals surface area contributed by atoms with Crippen LogP contribution in [0.25, 0.3) is 0 Å². The lowest BCUT2D eigenvalue weighted by Gasteiger charge is -2.30. The number of halogens is 1. The molecule has 8 heteroatoms. The Kier molecular flexibility index (Phi) is 7.65. The van der Waals surface area contributed by atoms with Gasteiger partial charge in [0.1, 0.15) is 5.15 Å². The van der Waals surface area contributed by atoms with E-state index in [1.54, 1.807) is 27.0 Å². The van der Waals surface area contributed by atoms with Crippen LogP contribution in [0.4, 0.5) is 0 Å². The number of nitrogens with one attached hydrogen (secondary N) is 2. The van der Waals surface area contributed by atoms with Crippen LogP contribution in [-0.4, -0.2) is 36.6 Å². The fourth-order valence-corrected chi connectivity index (χ4v) is 4.35. The van der Waals surface area contributed by atoms with Gasteiger partial charge in [0.05, 0.1) is 4.75 Å². The largest absolute Gasteiger partial charge is 0.356 e. The molecule has 0 spiro atoms. The second kappa shape index (κ2) is 9.34. The molecule has 1 saturated carbocycles. The first-order valence-corrected chi connectivity index (χ1v) is 11.4. The van der Waals surface area contributed by atoms with E-state index in [-0.39, 0.29) is 17.9 Å². The summed E-state index contributed by atoms with van der Waals surface area (Å²) in [6, 6.07) is 3.72. The first-order chi connectivity index (χ1) is 12.6. The van der Waals surface area contributed by atoms with Crippen molar-refractivity contribution in [3.63, 3.8) is 0 Å². The molecule has 1 heterocycles. The number of aromatic nitrogens is 1. The number of sulfonamides is 1. The Bertz CT molecular complexity index is 739. The van der Waals surface area contributed by atoms with E-state index in [1.807, 2.05) is 12.1 Å². The van der Waals surface area contributed by atoms with E-state index in [4.69, 9.17) is 11.6 Å². The van der Waals surface area contributed by atoms with Crippen molar-refractivity contribution in [2.45, 2.75) is 70.1 Å². The fraction of sp³-hybridized carbons (Fsp3) is 0.684. The van der Waals surface area contributed by atoms with Gasteiger partial charge in [0, 0.05) is 24.7 Å². The van der Waals surface area contributed by atoms with Gasteiger partial charge in [-0.3, -0.25) is 4.79 Å². The summed E-state index contributed by atoms with van der Waals surface area (Å²) >= 11 is 6.03. The molecular formula is C19H30ClN3O3S. The number of carbonyl (C=O) groups excluding carboxylic acids is 1. The van der Waals surface area contributed by atoms with Crippen LogP contribution in [0.15, 0.2) is 18.3 Å². The van der Waals surface area contributed by atoms with Crippen molar-refractivity contribution < 1.29 is 13.2 Å². The Hall–Kier alpha value is -1.18. The predicted molar refractivity (Wildman–Crippen MR) is 108 cm³/mol. The molecule has 1 aromatic rings. The minimum Gasteiger partial charge on any atom is -0.356 e. The van der Waals surface area contributed by atoms with Crippen molar-refractivity contribution in [3.8, 4) is 0 Å². The van der Waals surface area contributed by atoms with E-state index >= 15 is 0 Å². The highest BCUT2D eigenvalue weighted by atomic mass is 35.5. The molecule has 2 rings (SSSR count). The van der Waals surface area contributed by atoms with Crippen molar-refractivity contribution >= 4 is 27.5 Å². The first kappa shape index (κ1) is 22.1. The third kappa shape index (κ3) is 6.43. The van der Waals surface area contributed by atoms with Crippen LogP contribution in [0.2, 0.25) is 5.15 Å². The number of hydrogen-bond donors (Lipinski definition) is 2. The molecule has 1 aromatic heterocycles. The summed E-state index contributed by atoms with van der Waals surface area (Å²) in [5, 5.41) is 3.50. The number of hydrogen-bond acceptors (Lipinski definition) is 4. The number of pyridine rings is 1. The molecule has 1 aliphatic carbocycles. The summed E-state index contributed by atoms with van der Waals surface area (Å²) in [6.45, 7) is 5.66. The average molecular weight is 416 g/mol. The van der Waals surface area contributed by atoms with Crippen LogP contribution >= 0.6 is 11.6 Å². The maximum absolute atomic E-state index is 12.3. The first-order valence-electron chi connectivity index (χ1n) is 9.49. The van der Waals surface area contributed by atoms with Crippen molar-refractivity contribution in [2.24, 2.45) is 5.92 Å². The molecule has 2 N–H and O–H groups in total. The molecule has 0 atom stereocenters.